The maximum absolute atomic E-state index is 12.7. The normalized spacial score (nSPS) is 14.7. The van der Waals surface area contributed by atoms with E-state index in [4.69, 9.17) is 28.4 Å². The third kappa shape index (κ3) is 11.2. The molecular weight excluding hydrogens is 528 g/mol. The summed E-state index contributed by atoms with van der Waals surface area (Å²) in [5.74, 6) is 0.508. The Bertz CT molecular complexity index is 1220. The number of carbonyl (C=O) groups excluding carboxylic acids is 1. The molecule has 0 heterocycles. The first kappa shape index (κ1) is 32.0. The third-order valence-corrected chi connectivity index (χ3v) is 7.61. The number of nitriles is 1. The van der Waals surface area contributed by atoms with Crippen LogP contribution in [-0.2, 0) is 9.53 Å². The lowest BCUT2D eigenvalue weighted by atomic mass is 9.99. The van der Waals surface area contributed by atoms with Gasteiger partial charge < -0.3 is 21.5 Å². The van der Waals surface area contributed by atoms with Gasteiger partial charge in [-0.05, 0) is 58.6 Å². The maximum atomic E-state index is 12.7. The van der Waals surface area contributed by atoms with E-state index in [9.17, 15) is 10.1 Å². The summed E-state index contributed by atoms with van der Waals surface area (Å²) < 4.78 is 5.88. The highest BCUT2D eigenvalue weighted by atomic mass is 32.2. The Morgan fingerprint density at radius 1 is 1.08 bits per heavy atom. The van der Waals surface area contributed by atoms with Gasteiger partial charge in [-0.15, -0.1) is 10.2 Å². The third-order valence-electron chi connectivity index (χ3n) is 5.96. The minimum atomic E-state index is -0.796. The van der Waals surface area contributed by atoms with Crippen molar-refractivity contribution in [1.29, 1.82) is 5.26 Å². The number of amidine groups is 2. The van der Waals surface area contributed by atoms with Gasteiger partial charge in [-0.2, -0.15) is 5.26 Å². The second-order valence-corrected chi connectivity index (χ2v) is 12.3. The van der Waals surface area contributed by atoms with E-state index in [1.165, 1.54) is 11.8 Å². The van der Waals surface area contributed by atoms with E-state index in [0.717, 1.165) is 16.7 Å². The van der Waals surface area contributed by atoms with Gasteiger partial charge in [-0.25, -0.2) is 0 Å². The van der Waals surface area contributed by atoms with Gasteiger partial charge in [-0.3, -0.25) is 4.79 Å². The van der Waals surface area contributed by atoms with Crippen LogP contribution in [-0.4, -0.2) is 38.7 Å². The lowest BCUT2D eigenvalue weighted by Gasteiger charge is -2.28. The molecule has 0 radical (unpaired) electrons. The van der Waals surface area contributed by atoms with Crippen LogP contribution in [0.2, 0.25) is 0 Å². The highest BCUT2D eigenvalue weighted by molar-refractivity contribution is 8.24. The van der Waals surface area contributed by atoms with E-state index in [1.54, 1.807) is 6.92 Å². The van der Waals surface area contributed by atoms with Crippen molar-refractivity contribution in [3.8, 4) is 6.07 Å². The Hall–Kier alpha value is -3.26. The summed E-state index contributed by atoms with van der Waals surface area (Å²) in [5.41, 5.74) is 13.6. The summed E-state index contributed by atoms with van der Waals surface area (Å²) >= 11 is 6.85. The Morgan fingerprint density at radius 3 is 2.31 bits per heavy atom. The monoisotopic (exact) mass is 566 g/mol. The van der Waals surface area contributed by atoms with Crippen molar-refractivity contribution in [1.82, 2.24) is 5.32 Å². The molecule has 5 N–H and O–H groups in total. The molecule has 2 atom stereocenters. The molecule has 2 aromatic rings. The molecule has 10 heteroatoms. The molecule has 0 saturated carbocycles. The van der Waals surface area contributed by atoms with Crippen LogP contribution in [0.15, 0.2) is 64.8 Å². The molecule has 0 fully saturated rings. The van der Waals surface area contributed by atoms with E-state index in [0.29, 0.717) is 29.5 Å². The fraction of sp³-hybridized carbons (Fsp3) is 0.414. The molecule has 2 aromatic carbocycles. The van der Waals surface area contributed by atoms with Crippen LogP contribution in [0.1, 0.15) is 76.7 Å². The summed E-state index contributed by atoms with van der Waals surface area (Å²) in [6, 6.07) is 19.5. The number of ether oxygens (including phenoxy) is 1. The molecule has 1 amide bonds. The number of amides is 1. The van der Waals surface area contributed by atoms with E-state index >= 15 is 0 Å². The zero-order chi connectivity index (χ0) is 29.1. The van der Waals surface area contributed by atoms with Gasteiger partial charge in [0.1, 0.15) is 10.6 Å². The van der Waals surface area contributed by atoms with E-state index < -0.39 is 10.3 Å². The highest BCUT2D eigenvalue weighted by Crippen LogP contribution is 2.33. The lowest BCUT2D eigenvalue weighted by molar-refractivity contribution is -0.123. The SMILES string of the molecule is C/C(N)=N/N=C(\N)c1ccc(C(C)OCCC(C)(C)NC(=O)CCC(C)(C#N)SC(=S)c2ccccc2)cc1. The zero-order valence-corrected chi connectivity index (χ0v) is 24.9. The predicted octanol–water partition coefficient (Wildman–Crippen LogP) is 5.22. The van der Waals surface area contributed by atoms with Crippen LogP contribution in [0, 0.1) is 11.3 Å². The summed E-state index contributed by atoms with van der Waals surface area (Å²) in [5, 5.41) is 20.5. The van der Waals surface area contributed by atoms with Crippen LogP contribution >= 0.6 is 24.0 Å². The number of rotatable bonds is 13. The lowest BCUT2D eigenvalue weighted by Crippen LogP contribution is -2.44. The van der Waals surface area contributed by atoms with E-state index in [2.05, 4.69) is 21.6 Å². The molecule has 0 saturated heterocycles. The second kappa shape index (κ2) is 14.8. The molecule has 0 aliphatic rings. The fourth-order valence-electron chi connectivity index (χ4n) is 3.52. The first-order valence-corrected chi connectivity index (χ1v) is 13.9. The van der Waals surface area contributed by atoms with Gasteiger partial charge in [0, 0.05) is 24.1 Å². The van der Waals surface area contributed by atoms with Gasteiger partial charge >= 0.3 is 0 Å². The smallest absolute Gasteiger partial charge is 0.220 e. The molecule has 0 aromatic heterocycles. The van der Waals surface area contributed by atoms with Crippen LogP contribution in [0.25, 0.3) is 0 Å². The maximum Gasteiger partial charge on any atom is 0.220 e. The Labute approximate surface area is 241 Å². The minimum absolute atomic E-state index is 0.107. The van der Waals surface area contributed by atoms with Gasteiger partial charge in [0.2, 0.25) is 5.91 Å². The van der Waals surface area contributed by atoms with Crippen molar-refractivity contribution in [2.75, 3.05) is 6.61 Å². The average Bonchev–Trinajstić information content (AvgIpc) is 2.90. The number of nitrogens with zero attached hydrogens (tertiary/aromatic N) is 3. The zero-order valence-electron chi connectivity index (χ0n) is 23.2. The number of hydrogen-bond acceptors (Lipinski definition) is 7. The Balaban J connectivity index is 1.81. The van der Waals surface area contributed by atoms with Crippen molar-refractivity contribution in [3.05, 3.63) is 71.3 Å². The minimum Gasteiger partial charge on any atom is -0.386 e. The molecule has 8 nitrogen and oxygen atoms in total. The number of thiocarbonyl (C=S) groups is 1. The average molecular weight is 567 g/mol. The van der Waals surface area contributed by atoms with E-state index in [-0.39, 0.29) is 24.3 Å². The summed E-state index contributed by atoms with van der Waals surface area (Å²) in [6.07, 6.45) is 1.10. The number of carbonyl (C=O) groups is 1. The Morgan fingerprint density at radius 2 is 1.72 bits per heavy atom. The highest BCUT2D eigenvalue weighted by Gasteiger charge is 2.29. The summed E-state index contributed by atoms with van der Waals surface area (Å²) in [6.45, 7) is 9.82. The fourth-order valence-corrected chi connectivity index (χ4v) is 5.13. The Kier molecular flexibility index (Phi) is 12.1. The van der Waals surface area contributed by atoms with Gasteiger partial charge in [-0.1, -0.05) is 78.6 Å². The van der Waals surface area contributed by atoms with E-state index in [1.807, 2.05) is 82.3 Å². The van der Waals surface area contributed by atoms with Crippen LogP contribution in [0.3, 0.4) is 0 Å². The van der Waals surface area contributed by atoms with Crippen molar-refractivity contribution in [2.24, 2.45) is 21.7 Å². The number of nitrogens with one attached hydrogen (secondary N) is 1. The first-order chi connectivity index (χ1) is 18.3. The molecule has 0 aliphatic carbocycles. The van der Waals surface area contributed by atoms with Crippen molar-refractivity contribution >= 4 is 45.8 Å². The van der Waals surface area contributed by atoms with Gasteiger partial charge in [0.15, 0.2) is 5.84 Å². The standard InChI is InChI=1S/C29H38N6O2S2/c1-20(22-11-13-23(14-12-22)26(32)35-34-21(2)31)37-18-17-28(3,4)33-25(36)15-16-29(5,19-30)39-27(38)24-9-7-6-8-10-24/h6-14,20H,15-18H2,1-5H3,(H2,31,34)(H2,32,35)(H,33,36). The van der Waals surface area contributed by atoms with Crippen LogP contribution < -0.4 is 16.8 Å². The molecule has 39 heavy (non-hydrogen) atoms. The molecule has 0 aliphatic heterocycles. The second-order valence-electron chi connectivity index (χ2n) is 10.1. The molecule has 0 bridgehead atoms. The topological polar surface area (TPSA) is 139 Å². The number of hydrogen-bond donors (Lipinski definition) is 3. The number of nitrogens with two attached hydrogens (primary N) is 2. The molecule has 2 rings (SSSR count). The molecular formula is C29H38N6O2S2. The van der Waals surface area contributed by atoms with Gasteiger partial charge in [0.05, 0.1) is 16.4 Å². The number of benzene rings is 2. The predicted molar refractivity (Wildman–Crippen MR) is 165 cm³/mol. The van der Waals surface area contributed by atoms with Gasteiger partial charge in [0.25, 0.3) is 0 Å². The van der Waals surface area contributed by atoms with Crippen molar-refractivity contribution in [2.45, 2.75) is 70.3 Å². The summed E-state index contributed by atoms with van der Waals surface area (Å²) in [4.78, 5) is 12.7. The largest absolute Gasteiger partial charge is 0.386 e. The van der Waals surface area contributed by atoms with Crippen LogP contribution in [0.4, 0.5) is 0 Å². The first-order valence-electron chi connectivity index (χ1n) is 12.7. The molecule has 2 unspecified atom stereocenters. The number of thioether (sulfide) groups is 1. The van der Waals surface area contributed by atoms with Crippen molar-refractivity contribution < 1.29 is 9.53 Å². The molecule has 0 spiro atoms. The summed E-state index contributed by atoms with van der Waals surface area (Å²) in [7, 11) is 0. The molecule has 208 valence electrons. The van der Waals surface area contributed by atoms with Crippen LogP contribution in [0.5, 0.6) is 0 Å². The van der Waals surface area contributed by atoms with Crippen molar-refractivity contribution in [3.63, 3.8) is 0 Å². The quantitative estimate of drug-likeness (QED) is 0.131.